The molecule has 0 aromatic rings. The van der Waals surface area contributed by atoms with E-state index in [9.17, 15) is 14.4 Å². The zero-order valence-electron chi connectivity index (χ0n) is 42.6. The minimum absolute atomic E-state index is 0.0768. The largest absolute Gasteiger partial charge is 0.462 e. The topological polar surface area (TPSA) is 78.9 Å². The van der Waals surface area contributed by atoms with Crippen LogP contribution >= 0.6 is 0 Å². The van der Waals surface area contributed by atoms with Gasteiger partial charge in [-0.2, -0.15) is 0 Å². The second-order valence-electron chi connectivity index (χ2n) is 18.5. The first-order chi connectivity index (χ1) is 31.5. The molecule has 0 rings (SSSR count). The Morgan fingerprint density at radius 1 is 0.328 bits per heavy atom. The molecule has 0 aliphatic carbocycles. The van der Waals surface area contributed by atoms with Gasteiger partial charge < -0.3 is 14.2 Å². The Labute approximate surface area is 397 Å². The minimum Gasteiger partial charge on any atom is -0.462 e. The summed E-state index contributed by atoms with van der Waals surface area (Å²) in [7, 11) is 0. The first kappa shape index (κ1) is 61.4. The van der Waals surface area contributed by atoms with Crippen LogP contribution in [-0.2, 0) is 28.6 Å². The fourth-order valence-corrected chi connectivity index (χ4v) is 7.92. The zero-order chi connectivity index (χ0) is 46.5. The minimum atomic E-state index is -0.779. The molecule has 0 heterocycles. The highest BCUT2D eigenvalue weighted by Gasteiger charge is 2.19. The van der Waals surface area contributed by atoms with Crippen LogP contribution < -0.4 is 0 Å². The summed E-state index contributed by atoms with van der Waals surface area (Å²) in [6.45, 7) is 6.54. The van der Waals surface area contributed by atoms with Gasteiger partial charge in [0.1, 0.15) is 13.2 Å². The molecule has 0 spiro atoms. The summed E-state index contributed by atoms with van der Waals surface area (Å²) < 4.78 is 16.8. The number of rotatable bonds is 50. The second-order valence-corrected chi connectivity index (χ2v) is 18.5. The fourth-order valence-electron chi connectivity index (χ4n) is 7.92. The Morgan fingerprint density at radius 3 is 0.969 bits per heavy atom. The highest BCUT2D eigenvalue weighted by molar-refractivity contribution is 5.71. The van der Waals surface area contributed by atoms with Crippen LogP contribution in [0.3, 0.4) is 0 Å². The molecule has 0 fully saturated rings. The van der Waals surface area contributed by atoms with Crippen LogP contribution in [0.5, 0.6) is 0 Å². The highest BCUT2D eigenvalue weighted by Crippen LogP contribution is 2.16. The van der Waals surface area contributed by atoms with Gasteiger partial charge in [-0.05, 0) is 77.0 Å². The molecule has 0 saturated carbocycles. The van der Waals surface area contributed by atoms with Crippen molar-refractivity contribution in [2.45, 2.75) is 290 Å². The summed E-state index contributed by atoms with van der Waals surface area (Å²) in [5.74, 6) is -0.884. The Bertz CT molecular complexity index is 1120. The Balaban J connectivity index is 4.38. The Hall–Kier alpha value is -2.63. The molecule has 1 unspecified atom stereocenters. The maximum atomic E-state index is 12.8. The Kier molecular flexibility index (Phi) is 50.8. The van der Waals surface area contributed by atoms with Crippen molar-refractivity contribution in [3.05, 3.63) is 48.6 Å². The average Bonchev–Trinajstić information content (AvgIpc) is 3.29. The molecule has 0 radical (unpaired) electrons. The summed E-state index contributed by atoms with van der Waals surface area (Å²) in [4.78, 5) is 38.1. The monoisotopic (exact) mass is 897 g/mol. The number of hydrogen-bond acceptors (Lipinski definition) is 6. The maximum absolute atomic E-state index is 12.8. The summed E-state index contributed by atoms with van der Waals surface area (Å²) in [5.41, 5.74) is 0. The average molecular weight is 897 g/mol. The van der Waals surface area contributed by atoms with E-state index in [-0.39, 0.29) is 31.1 Å². The molecular formula is C58H104O6. The van der Waals surface area contributed by atoms with E-state index in [1.165, 1.54) is 154 Å². The SMILES string of the molecule is CC/C=C\C/C=C\C/C=C\CCCCCCCCCC(=O)OCC(COC(=O)CCCCCCCCCCCCCCC)OC(=O)CCCCCCC/C=C\CCCCCCCCC. The van der Waals surface area contributed by atoms with Crippen LogP contribution in [0.25, 0.3) is 0 Å². The lowest BCUT2D eigenvalue weighted by Gasteiger charge is -2.18. The quantitative estimate of drug-likeness (QED) is 0.0262. The smallest absolute Gasteiger partial charge is 0.306 e. The van der Waals surface area contributed by atoms with Crippen LogP contribution in [0.4, 0.5) is 0 Å². The normalized spacial score (nSPS) is 12.4. The molecule has 0 N–H and O–H groups in total. The van der Waals surface area contributed by atoms with Crippen molar-refractivity contribution in [3.8, 4) is 0 Å². The van der Waals surface area contributed by atoms with Crippen LogP contribution in [0.15, 0.2) is 48.6 Å². The molecule has 0 aliphatic heterocycles. The van der Waals surface area contributed by atoms with E-state index in [0.717, 1.165) is 89.9 Å². The van der Waals surface area contributed by atoms with Crippen molar-refractivity contribution in [3.63, 3.8) is 0 Å². The highest BCUT2D eigenvalue weighted by atomic mass is 16.6. The first-order valence-corrected chi connectivity index (χ1v) is 27.6. The van der Waals surface area contributed by atoms with E-state index >= 15 is 0 Å². The molecule has 0 amide bonds. The number of allylic oxidation sites excluding steroid dienone is 8. The van der Waals surface area contributed by atoms with Gasteiger partial charge in [0, 0.05) is 19.3 Å². The standard InChI is InChI=1S/C58H104O6/c1-4-7-10-13-16-19-22-25-27-29-31-33-36-39-42-45-48-51-57(60)63-54-55(53-62-56(59)50-47-44-41-38-35-32-24-21-18-15-12-9-6-3)64-58(61)52-49-46-43-40-37-34-30-28-26-23-20-17-14-11-8-5-2/h7,10,16,19,25,27-28,30,55H,4-6,8-9,11-15,17-18,20-24,26,29,31-54H2,1-3H3/b10-7-,19-16-,27-25-,30-28-. The lowest BCUT2D eigenvalue weighted by atomic mass is 10.0. The number of carbonyl (C=O) groups excluding carboxylic acids is 3. The van der Waals surface area contributed by atoms with Gasteiger partial charge in [0.15, 0.2) is 6.10 Å². The van der Waals surface area contributed by atoms with E-state index in [0.29, 0.717) is 19.3 Å². The number of ether oxygens (including phenoxy) is 3. The zero-order valence-corrected chi connectivity index (χ0v) is 42.6. The number of carbonyl (C=O) groups is 3. The van der Waals surface area contributed by atoms with Gasteiger partial charge in [-0.1, -0.05) is 236 Å². The van der Waals surface area contributed by atoms with Crippen molar-refractivity contribution >= 4 is 17.9 Å². The Morgan fingerprint density at radius 2 is 0.609 bits per heavy atom. The lowest BCUT2D eigenvalue weighted by molar-refractivity contribution is -0.167. The third-order valence-corrected chi connectivity index (χ3v) is 12.1. The van der Waals surface area contributed by atoms with Crippen LogP contribution in [-0.4, -0.2) is 37.2 Å². The van der Waals surface area contributed by atoms with Crippen molar-refractivity contribution < 1.29 is 28.6 Å². The van der Waals surface area contributed by atoms with E-state index in [1.807, 2.05) is 0 Å². The summed E-state index contributed by atoms with van der Waals surface area (Å²) >= 11 is 0. The third-order valence-electron chi connectivity index (χ3n) is 12.1. The predicted octanol–water partition coefficient (Wildman–Crippen LogP) is 18.3. The fraction of sp³-hybridized carbons (Fsp3) is 0.810. The van der Waals surface area contributed by atoms with E-state index in [1.54, 1.807) is 0 Å². The van der Waals surface area contributed by atoms with Gasteiger partial charge in [-0.3, -0.25) is 14.4 Å². The molecule has 1 atom stereocenters. The van der Waals surface area contributed by atoms with Crippen LogP contribution in [0.1, 0.15) is 284 Å². The van der Waals surface area contributed by atoms with Crippen molar-refractivity contribution in [1.29, 1.82) is 0 Å². The van der Waals surface area contributed by atoms with E-state index < -0.39 is 6.10 Å². The van der Waals surface area contributed by atoms with Gasteiger partial charge in [0.2, 0.25) is 0 Å². The summed E-state index contributed by atoms with van der Waals surface area (Å²) in [5, 5.41) is 0. The third kappa shape index (κ3) is 50.4. The molecular weight excluding hydrogens is 793 g/mol. The number of hydrogen-bond donors (Lipinski definition) is 0. The molecule has 0 aliphatic rings. The van der Waals surface area contributed by atoms with E-state index in [2.05, 4.69) is 69.4 Å². The molecule has 6 heteroatoms. The number of unbranched alkanes of at least 4 members (excludes halogenated alkanes) is 31. The number of esters is 3. The molecule has 0 aromatic heterocycles. The van der Waals surface area contributed by atoms with Gasteiger partial charge in [-0.15, -0.1) is 0 Å². The molecule has 6 nitrogen and oxygen atoms in total. The van der Waals surface area contributed by atoms with Crippen molar-refractivity contribution in [2.24, 2.45) is 0 Å². The van der Waals surface area contributed by atoms with Crippen LogP contribution in [0, 0.1) is 0 Å². The second kappa shape index (κ2) is 53.0. The van der Waals surface area contributed by atoms with Crippen molar-refractivity contribution in [2.75, 3.05) is 13.2 Å². The first-order valence-electron chi connectivity index (χ1n) is 27.6. The lowest BCUT2D eigenvalue weighted by Crippen LogP contribution is -2.30. The van der Waals surface area contributed by atoms with Gasteiger partial charge >= 0.3 is 17.9 Å². The predicted molar refractivity (Wildman–Crippen MR) is 275 cm³/mol. The van der Waals surface area contributed by atoms with Gasteiger partial charge in [0.05, 0.1) is 0 Å². The van der Waals surface area contributed by atoms with Crippen LogP contribution in [0.2, 0.25) is 0 Å². The molecule has 64 heavy (non-hydrogen) atoms. The molecule has 0 bridgehead atoms. The molecule has 372 valence electrons. The molecule has 0 aromatic carbocycles. The summed E-state index contributed by atoms with van der Waals surface area (Å²) in [6, 6.07) is 0. The van der Waals surface area contributed by atoms with E-state index in [4.69, 9.17) is 14.2 Å². The maximum Gasteiger partial charge on any atom is 0.306 e. The van der Waals surface area contributed by atoms with Crippen molar-refractivity contribution in [1.82, 2.24) is 0 Å². The van der Waals surface area contributed by atoms with Gasteiger partial charge in [0.25, 0.3) is 0 Å². The summed E-state index contributed by atoms with van der Waals surface area (Å²) in [6.07, 6.45) is 63.8. The molecule has 0 saturated heterocycles. The van der Waals surface area contributed by atoms with Gasteiger partial charge in [-0.25, -0.2) is 0 Å².